The van der Waals surface area contributed by atoms with Gasteiger partial charge >= 0.3 is 0 Å². The van der Waals surface area contributed by atoms with Crippen LogP contribution in [0.4, 0.5) is 8.78 Å². The number of hydrogen-bond donors (Lipinski definition) is 0. The highest BCUT2D eigenvalue weighted by Crippen LogP contribution is 2.38. The maximum absolute atomic E-state index is 13.9. The fourth-order valence-electron chi connectivity index (χ4n) is 1.35. The fraction of sp³-hybridized carbons (Fsp3) is 0. The molecule has 0 atom stereocenters. The van der Waals surface area contributed by atoms with Crippen molar-refractivity contribution >= 4 is 74.5 Å². The molecule has 0 nitrogen and oxygen atoms in total. The summed E-state index contributed by atoms with van der Waals surface area (Å²) in [5.74, 6) is -0.979. The van der Waals surface area contributed by atoms with Gasteiger partial charge in [-0.15, -0.1) is 0 Å². The van der Waals surface area contributed by atoms with Gasteiger partial charge < -0.3 is 0 Å². The van der Waals surface area contributed by atoms with Gasteiger partial charge in [0.1, 0.15) is 11.6 Å². The van der Waals surface area contributed by atoms with Crippen LogP contribution in [0.3, 0.4) is 0 Å². The topological polar surface area (TPSA) is 0 Å². The highest BCUT2D eigenvalue weighted by atomic mass is 79.9. The van der Waals surface area contributed by atoms with Crippen LogP contribution in [0, 0.1) is 11.6 Å². The molecular formula is C10H2Br4F2. The van der Waals surface area contributed by atoms with Crippen LogP contribution in [-0.2, 0) is 0 Å². The summed E-state index contributed by atoms with van der Waals surface area (Å²) in [5.41, 5.74) is 0. The first-order valence-corrected chi connectivity index (χ1v) is 7.21. The summed E-state index contributed by atoms with van der Waals surface area (Å²) in [6.45, 7) is 0. The van der Waals surface area contributed by atoms with Gasteiger partial charge in [-0.05, 0) is 75.9 Å². The average Bonchev–Trinajstić information content (AvgIpc) is 2.25. The van der Waals surface area contributed by atoms with Crippen LogP contribution in [0.5, 0.6) is 0 Å². The maximum Gasteiger partial charge on any atom is 0.146 e. The third-order valence-electron chi connectivity index (χ3n) is 2.11. The van der Waals surface area contributed by atoms with Gasteiger partial charge in [-0.25, -0.2) is 8.78 Å². The summed E-state index contributed by atoms with van der Waals surface area (Å²) >= 11 is 12.5. The Bertz CT molecular complexity index is 542. The summed E-state index contributed by atoms with van der Waals surface area (Å²) in [4.78, 5) is 0. The zero-order chi connectivity index (χ0) is 12.0. The van der Waals surface area contributed by atoms with Crippen molar-refractivity contribution in [2.45, 2.75) is 0 Å². The Labute approximate surface area is 124 Å². The first-order valence-electron chi connectivity index (χ1n) is 4.04. The van der Waals surface area contributed by atoms with Gasteiger partial charge in [-0.3, -0.25) is 0 Å². The second-order valence-electron chi connectivity index (χ2n) is 3.07. The molecular weight excluding hydrogens is 478 g/mol. The van der Waals surface area contributed by atoms with Crippen molar-refractivity contribution in [2.75, 3.05) is 0 Å². The van der Waals surface area contributed by atoms with E-state index in [1.54, 1.807) is 0 Å². The highest BCUT2D eigenvalue weighted by molar-refractivity contribution is 9.13. The van der Waals surface area contributed by atoms with E-state index in [-0.39, 0.29) is 19.7 Å². The van der Waals surface area contributed by atoms with E-state index in [1.165, 1.54) is 12.1 Å². The molecule has 0 aliphatic rings. The van der Waals surface area contributed by atoms with E-state index in [0.717, 1.165) is 0 Å². The first kappa shape index (κ1) is 12.9. The molecule has 2 rings (SSSR count). The monoisotopic (exact) mass is 476 g/mol. The molecule has 84 valence electrons. The van der Waals surface area contributed by atoms with Gasteiger partial charge in [0.05, 0.1) is 8.95 Å². The molecule has 0 saturated heterocycles. The molecule has 2 aromatic rings. The third kappa shape index (κ3) is 1.98. The molecule has 0 heterocycles. The second kappa shape index (κ2) is 4.63. The molecule has 0 fully saturated rings. The van der Waals surface area contributed by atoms with Crippen molar-refractivity contribution in [1.82, 2.24) is 0 Å². The summed E-state index contributed by atoms with van der Waals surface area (Å²) in [6.07, 6.45) is 0. The van der Waals surface area contributed by atoms with Gasteiger partial charge in [0, 0.05) is 19.7 Å². The minimum absolute atomic E-state index is 0.225. The highest BCUT2D eigenvalue weighted by Gasteiger charge is 2.16. The number of benzene rings is 2. The van der Waals surface area contributed by atoms with E-state index in [4.69, 9.17) is 0 Å². The average molecular weight is 480 g/mol. The van der Waals surface area contributed by atoms with Crippen LogP contribution in [0.2, 0.25) is 0 Å². The maximum atomic E-state index is 13.9. The van der Waals surface area contributed by atoms with Gasteiger partial charge in [0.2, 0.25) is 0 Å². The number of fused-ring (bicyclic) bond motifs is 1. The van der Waals surface area contributed by atoms with Crippen molar-refractivity contribution in [3.63, 3.8) is 0 Å². The lowest BCUT2D eigenvalue weighted by atomic mass is 10.1. The van der Waals surface area contributed by atoms with Crippen LogP contribution in [0.15, 0.2) is 30.0 Å². The molecule has 0 spiro atoms. The van der Waals surface area contributed by atoms with Crippen LogP contribution >= 0.6 is 63.7 Å². The molecule has 0 bridgehead atoms. The zero-order valence-corrected chi connectivity index (χ0v) is 13.8. The van der Waals surface area contributed by atoms with E-state index < -0.39 is 11.6 Å². The fourth-order valence-corrected chi connectivity index (χ4v) is 2.81. The van der Waals surface area contributed by atoms with E-state index in [0.29, 0.717) is 8.95 Å². The van der Waals surface area contributed by atoms with Crippen LogP contribution < -0.4 is 0 Å². The molecule has 0 aromatic heterocycles. The van der Waals surface area contributed by atoms with Gasteiger partial charge in [0.15, 0.2) is 0 Å². The Hall–Kier alpha value is 0.480. The van der Waals surface area contributed by atoms with Crippen molar-refractivity contribution in [1.29, 1.82) is 0 Å². The van der Waals surface area contributed by atoms with Crippen LogP contribution in [0.25, 0.3) is 10.8 Å². The Morgan fingerprint density at radius 1 is 0.688 bits per heavy atom. The molecule has 2 aromatic carbocycles. The van der Waals surface area contributed by atoms with E-state index in [2.05, 4.69) is 63.7 Å². The molecule has 0 unspecified atom stereocenters. The SMILES string of the molecule is Fc1c(Br)c(Br)cc2c(F)c(Br)c(Br)cc12. The Balaban J connectivity index is 3.02. The third-order valence-corrected chi connectivity index (χ3v) is 5.98. The Morgan fingerprint density at radius 2 is 1.00 bits per heavy atom. The quantitative estimate of drug-likeness (QED) is 0.397. The lowest BCUT2D eigenvalue weighted by molar-refractivity contribution is 0.620. The zero-order valence-electron chi connectivity index (χ0n) is 7.42. The molecule has 0 amide bonds. The molecule has 0 N–H and O–H groups in total. The van der Waals surface area contributed by atoms with E-state index >= 15 is 0 Å². The Kier molecular flexibility index (Phi) is 3.74. The van der Waals surface area contributed by atoms with Gasteiger partial charge in [0.25, 0.3) is 0 Å². The predicted molar refractivity (Wildman–Crippen MR) is 74.7 cm³/mol. The molecule has 6 heteroatoms. The van der Waals surface area contributed by atoms with Gasteiger partial charge in [-0.1, -0.05) is 0 Å². The van der Waals surface area contributed by atoms with Crippen molar-refractivity contribution in [3.8, 4) is 0 Å². The van der Waals surface area contributed by atoms with Crippen molar-refractivity contribution < 1.29 is 8.78 Å². The summed E-state index contributed by atoms with van der Waals surface area (Å²) in [6, 6.07) is 3.07. The second-order valence-corrected chi connectivity index (χ2v) is 6.36. The molecule has 0 radical (unpaired) electrons. The van der Waals surface area contributed by atoms with Crippen LogP contribution in [-0.4, -0.2) is 0 Å². The number of rotatable bonds is 0. The largest absolute Gasteiger partial charge is 0.205 e. The molecule has 0 saturated carbocycles. The standard InChI is InChI=1S/C10H2Br4F2/c11-5-1-3-4(10(16)7(5)13)2-6(12)8(14)9(3)15/h1-2H. The van der Waals surface area contributed by atoms with Crippen molar-refractivity contribution in [3.05, 3.63) is 41.7 Å². The van der Waals surface area contributed by atoms with Crippen LogP contribution in [0.1, 0.15) is 0 Å². The van der Waals surface area contributed by atoms with Gasteiger partial charge in [-0.2, -0.15) is 0 Å². The first-order chi connectivity index (χ1) is 7.43. The molecule has 0 aliphatic heterocycles. The summed E-state index contributed by atoms with van der Waals surface area (Å²) < 4.78 is 29.3. The normalized spacial score (nSPS) is 11.1. The summed E-state index contributed by atoms with van der Waals surface area (Å²) in [5, 5.41) is 0.449. The smallest absolute Gasteiger partial charge is 0.146 e. The molecule has 16 heavy (non-hydrogen) atoms. The van der Waals surface area contributed by atoms with Crippen molar-refractivity contribution in [2.24, 2.45) is 0 Å². The number of halogens is 6. The minimum Gasteiger partial charge on any atom is -0.205 e. The lowest BCUT2D eigenvalue weighted by Gasteiger charge is -2.08. The predicted octanol–water partition coefficient (Wildman–Crippen LogP) is 6.17. The van der Waals surface area contributed by atoms with E-state index in [1.807, 2.05) is 0 Å². The number of hydrogen-bond acceptors (Lipinski definition) is 0. The Morgan fingerprint density at radius 3 is 1.31 bits per heavy atom. The lowest BCUT2D eigenvalue weighted by Crippen LogP contribution is -1.89. The minimum atomic E-state index is -0.489. The molecule has 0 aliphatic carbocycles. The summed E-state index contributed by atoms with van der Waals surface area (Å²) in [7, 11) is 0. The van der Waals surface area contributed by atoms with E-state index in [9.17, 15) is 8.78 Å².